The first-order valence-corrected chi connectivity index (χ1v) is 14.5. The molecule has 0 saturated heterocycles. The van der Waals surface area contributed by atoms with E-state index in [1.165, 1.54) is 23.4 Å². The van der Waals surface area contributed by atoms with Crippen LogP contribution in [-0.4, -0.2) is 88.5 Å². The maximum Gasteiger partial charge on any atom is 0.325 e. The van der Waals surface area contributed by atoms with Crippen molar-refractivity contribution in [3.63, 3.8) is 0 Å². The zero-order chi connectivity index (χ0) is 31.0. The zero-order valence-electron chi connectivity index (χ0n) is 25.1. The van der Waals surface area contributed by atoms with Crippen LogP contribution in [-0.2, 0) is 35.6 Å². The molecule has 0 radical (unpaired) electrons. The molecule has 12 heteroatoms. The zero-order valence-corrected chi connectivity index (χ0v) is 25.9. The molecule has 0 saturated carbocycles. The Bertz CT molecular complexity index is 1310. The fourth-order valence-electron chi connectivity index (χ4n) is 3.93. The monoisotopic (exact) mass is 591 g/mol. The highest BCUT2D eigenvalue weighted by atomic mass is 32.2. The number of likely N-dealkylation sites (N-methyl/N-ethyl adjacent to an activating group) is 2. The molecule has 2 amide bonds. The molecule has 11 nitrogen and oxygen atoms in total. The Hall–Kier alpha value is -3.48. The Morgan fingerprint density at radius 3 is 2.10 bits per heavy atom. The molecule has 0 aliphatic heterocycles. The molecule has 0 bridgehead atoms. The van der Waals surface area contributed by atoms with Gasteiger partial charge in [-0.2, -0.15) is 4.31 Å². The van der Waals surface area contributed by atoms with Gasteiger partial charge < -0.3 is 24.4 Å². The SMILES string of the molecule is COc1cc(C)c(S(=O)(=O)N(C)CCOCC(=O)N(C)Cc2ccc(C(=O)NCC(=O)OC(C)(C)C)cc2)c(C)c1. The lowest BCUT2D eigenvalue weighted by Gasteiger charge is -2.21. The van der Waals surface area contributed by atoms with Crippen molar-refractivity contribution in [2.75, 3.05) is 47.5 Å². The quantitative estimate of drug-likeness (QED) is 0.278. The highest BCUT2D eigenvalue weighted by molar-refractivity contribution is 7.89. The summed E-state index contributed by atoms with van der Waals surface area (Å²) in [7, 11) is 0.863. The smallest absolute Gasteiger partial charge is 0.325 e. The van der Waals surface area contributed by atoms with E-state index in [9.17, 15) is 22.8 Å². The molecule has 2 aromatic rings. The van der Waals surface area contributed by atoms with E-state index in [-0.39, 0.29) is 43.7 Å². The molecule has 2 aromatic carbocycles. The Balaban J connectivity index is 1.81. The highest BCUT2D eigenvalue weighted by Gasteiger charge is 2.25. The number of esters is 1. The molecule has 0 aliphatic carbocycles. The van der Waals surface area contributed by atoms with Crippen molar-refractivity contribution >= 4 is 27.8 Å². The first-order valence-electron chi connectivity index (χ1n) is 13.1. The van der Waals surface area contributed by atoms with Crippen LogP contribution in [0.25, 0.3) is 0 Å². The summed E-state index contributed by atoms with van der Waals surface area (Å²) in [6, 6.07) is 10.0. The molecule has 0 spiro atoms. The number of benzene rings is 2. The van der Waals surface area contributed by atoms with Crippen LogP contribution in [0.3, 0.4) is 0 Å². The average Bonchev–Trinajstić information content (AvgIpc) is 2.88. The van der Waals surface area contributed by atoms with Crippen molar-refractivity contribution in [1.82, 2.24) is 14.5 Å². The Labute approximate surface area is 242 Å². The summed E-state index contributed by atoms with van der Waals surface area (Å²) in [6.07, 6.45) is 0. The van der Waals surface area contributed by atoms with E-state index in [0.717, 1.165) is 5.56 Å². The number of hydrogen-bond acceptors (Lipinski definition) is 8. The fraction of sp³-hybridized carbons (Fsp3) is 0.483. The summed E-state index contributed by atoms with van der Waals surface area (Å²) in [5, 5.41) is 2.52. The second-order valence-electron chi connectivity index (χ2n) is 10.7. The summed E-state index contributed by atoms with van der Waals surface area (Å²) >= 11 is 0. The van der Waals surface area contributed by atoms with Crippen molar-refractivity contribution in [1.29, 1.82) is 0 Å². The van der Waals surface area contributed by atoms with Gasteiger partial charge in [-0.25, -0.2) is 8.42 Å². The third-order valence-electron chi connectivity index (χ3n) is 5.99. The van der Waals surface area contributed by atoms with Gasteiger partial charge in [0.2, 0.25) is 15.9 Å². The van der Waals surface area contributed by atoms with Crippen molar-refractivity contribution in [2.45, 2.75) is 51.7 Å². The summed E-state index contributed by atoms with van der Waals surface area (Å²) < 4.78 is 43.3. The van der Waals surface area contributed by atoms with Crippen LogP contribution in [0, 0.1) is 13.8 Å². The molecular weight excluding hydrogens is 550 g/mol. The van der Waals surface area contributed by atoms with Crippen LogP contribution in [0.2, 0.25) is 0 Å². The topological polar surface area (TPSA) is 132 Å². The minimum Gasteiger partial charge on any atom is -0.497 e. The molecular formula is C29H41N3O8S. The summed E-state index contributed by atoms with van der Waals surface area (Å²) in [6.45, 7) is 8.62. The van der Waals surface area contributed by atoms with Gasteiger partial charge >= 0.3 is 5.97 Å². The van der Waals surface area contributed by atoms with Crippen molar-refractivity contribution in [3.05, 3.63) is 58.7 Å². The Morgan fingerprint density at radius 2 is 1.56 bits per heavy atom. The number of nitrogens with one attached hydrogen (secondary N) is 1. The molecule has 0 aromatic heterocycles. The lowest BCUT2D eigenvalue weighted by Crippen LogP contribution is -2.34. The number of amides is 2. The van der Waals surface area contributed by atoms with Gasteiger partial charge in [0.05, 0.1) is 18.6 Å². The Kier molecular flexibility index (Phi) is 11.9. The number of aryl methyl sites for hydroxylation is 2. The van der Waals surface area contributed by atoms with Gasteiger partial charge in [0.1, 0.15) is 24.5 Å². The summed E-state index contributed by atoms with van der Waals surface area (Å²) in [5.41, 5.74) is 1.70. The first-order chi connectivity index (χ1) is 19.0. The van der Waals surface area contributed by atoms with Gasteiger partial charge in [-0.05, 0) is 75.6 Å². The van der Waals surface area contributed by atoms with E-state index >= 15 is 0 Å². The number of carbonyl (C=O) groups is 3. The van der Waals surface area contributed by atoms with Gasteiger partial charge in [0.15, 0.2) is 0 Å². The number of sulfonamides is 1. The van der Waals surface area contributed by atoms with E-state index in [2.05, 4.69) is 5.32 Å². The minimum atomic E-state index is -3.76. The van der Waals surface area contributed by atoms with Crippen molar-refractivity contribution in [3.8, 4) is 5.75 Å². The van der Waals surface area contributed by atoms with E-state index in [1.54, 1.807) is 78.1 Å². The molecule has 0 heterocycles. The number of carbonyl (C=O) groups excluding carboxylic acids is 3. The lowest BCUT2D eigenvalue weighted by atomic mass is 10.1. The van der Waals surface area contributed by atoms with Crippen LogP contribution in [0.15, 0.2) is 41.3 Å². The largest absolute Gasteiger partial charge is 0.497 e. The number of methoxy groups -OCH3 is 1. The summed E-state index contributed by atoms with van der Waals surface area (Å²) in [4.78, 5) is 38.3. The second-order valence-corrected chi connectivity index (χ2v) is 12.7. The van der Waals surface area contributed by atoms with Gasteiger partial charge in [-0.1, -0.05) is 12.1 Å². The highest BCUT2D eigenvalue weighted by Crippen LogP contribution is 2.27. The van der Waals surface area contributed by atoms with Gasteiger partial charge in [0.25, 0.3) is 5.91 Å². The van der Waals surface area contributed by atoms with Gasteiger partial charge in [-0.15, -0.1) is 0 Å². The molecule has 0 aliphatic rings. The first kappa shape index (κ1) is 33.7. The molecule has 226 valence electrons. The maximum atomic E-state index is 13.1. The van der Waals surface area contributed by atoms with Crippen LogP contribution in [0.5, 0.6) is 5.75 Å². The minimum absolute atomic E-state index is 0.0384. The van der Waals surface area contributed by atoms with Crippen LogP contribution < -0.4 is 10.1 Å². The van der Waals surface area contributed by atoms with Crippen molar-refractivity contribution < 1.29 is 37.0 Å². The molecule has 41 heavy (non-hydrogen) atoms. The predicted molar refractivity (Wildman–Crippen MR) is 154 cm³/mol. The van der Waals surface area contributed by atoms with Crippen LogP contribution in [0.1, 0.15) is 47.8 Å². The number of rotatable bonds is 13. The third kappa shape index (κ3) is 10.1. The van der Waals surface area contributed by atoms with E-state index < -0.39 is 27.5 Å². The third-order valence-corrected chi connectivity index (χ3v) is 8.15. The second kappa shape index (κ2) is 14.4. The Morgan fingerprint density at radius 1 is 0.976 bits per heavy atom. The van der Waals surface area contributed by atoms with Gasteiger partial charge in [0, 0.05) is 32.7 Å². The number of nitrogens with zero attached hydrogens (tertiary/aromatic N) is 2. The standard InChI is InChI=1S/C29H41N3O8S/c1-20-15-24(38-8)16-21(2)27(20)41(36,37)32(7)13-14-39-19-25(33)31(6)18-22-9-11-23(12-10-22)28(35)30-17-26(34)40-29(3,4)5/h9-12,15-16H,13-14,17-19H2,1-8H3,(H,30,35). The molecule has 2 rings (SSSR count). The van der Waals surface area contributed by atoms with E-state index in [0.29, 0.717) is 22.4 Å². The molecule has 1 N–H and O–H groups in total. The van der Waals surface area contributed by atoms with Crippen molar-refractivity contribution in [2.24, 2.45) is 0 Å². The normalized spacial score (nSPS) is 11.7. The van der Waals surface area contributed by atoms with Gasteiger partial charge in [-0.3, -0.25) is 14.4 Å². The predicted octanol–water partition coefficient (Wildman–Crippen LogP) is 2.68. The van der Waals surface area contributed by atoms with Crippen LogP contribution >= 0.6 is 0 Å². The summed E-state index contributed by atoms with van der Waals surface area (Å²) in [5.74, 6) is -0.633. The maximum absolute atomic E-state index is 13.1. The number of hydrogen-bond donors (Lipinski definition) is 1. The molecule has 0 unspecified atom stereocenters. The average molecular weight is 592 g/mol. The number of ether oxygens (including phenoxy) is 3. The van der Waals surface area contributed by atoms with E-state index in [1.807, 2.05) is 0 Å². The van der Waals surface area contributed by atoms with Crippen LogP contribution in [0.4, 0.5) is 0 Å². The molecule has 0 fully saturated rings. The van der Waals surface area contributed by atoms with E-state index in [4.69, 9.17) is 14.2 Å². The lowest BCUT2D eigenvalue weighted by molar-refractivity contribution is -0.153. The fourth-order valence-corrected chi connectivity index (χ4v) is 5.49. The molecule has 0 atom stereocenters.